The Hall–Kier alpha value is -0.0800. The van der Waals surface area contributed by atoms with Gasteiger partial charge in [0.15, 0.2) is 0 Å². The molecule has 2 nitrogen and oxygen atoms in total. The van der Waals surface area contributed by atoms with E-state index in [2.05, 4.69) is 31.1 Å². The highest BCUT2D eigenvalue weighted by Gasteiger charge is 2.31. The molecule has 16 heavy (non-hydrogen) atoms. The van der Waals surface area contributed by atoms with Crippen LogP contribution in [0.2, 0.25) is 0 Å². The number of nitrogens with one attached hydrogen (secondary N) is 1. The lowest BCUT2D eigenvalue weighted by Gasteiger charge is -2.38. The van der Waals surface area contributed by atoms with Gasteiger partial charge in [0.25, 0.3) is 0 Å². The summed E-state index contributed by atoms with van der Waals surface area (Å²) in [6.07, 6.45) is 8.38. The minimum atomic E-state index is 0.387. The third-order valence-corrected chi connectivity index (χ3v) is 4.66. The van der Waals surface area contributed by atoms with Crippen LogP contribution >= 0.6 is 0 Å². The van der Waals surface area contributed by atoms with Crippen molar-refractivity contribution in [1.82, 2.24) is 10.2 Å². The van der Waals surface area contributed by atoms with Crippen LogP contribution in [0.1, 0.15) is 52.4 Å². The van der Waals surface area contributed by atoms with Crippen molar-refractivity contribution in [2.24, 2.45) is 5.92 Å². The fourth-order valence-corrected chi connectivity index (χ4v) is 3.45. The Balaban J connectivity index is 1.81. The summed E-state index contributed by atoms with van der Waals surface area (Å²) in [6, 6.07) is 0.843. The van der Waals surface area contributed by atoms with E-state index < -0.39 is 0 Å². The summed E-state index contributed by atoms with van der Waals surface area (Å²) in [5.74, 6) is 0.963. The zero-order chi connectivity index (χ0) is 11.6. The van der Waals surface area contributed by atoms with Crippen molar-refractivity contribution in [3.05, 3.63) is 0 Å². The van der Waals surface area contributed by atoms with Crippen molar-refractivity contribution < 1.29 is 0 Å². The van der Waals surface area contributed by atoms with E-state index in [-0.39, 0.29) is 0 Å². The first-order chi connectivity index (χ1) is 7.59. The maximum absolute atomic E-state index is 3.67. The maximum Gasteiger partial charge on any atom is 0.0280 e. The minimum absolute atomic E-state index is 0.387. The zero-order valence-electron chi connectivity index (χ0n) is 11.3. The molecule has 1 aliphatic heterocycles. The molecule has 1 unspecified atom stereocenters. The summed E-state index contributed by atoms with van der Waals surface area (Å²) in [5.41, 5.74) is 0.387. The Kier molecular flexibility index (Phi) is 3.91. The zero-order valence-corrected chi connectivity index (χ0v) is 11.3. The molecule has 2 fully saturated rings. The van der Waals surface area contributed by atoms with Crippen LogP contribution < -0.4 is 5.32 Å². The summed E-state index contributed by atoms with van der Waals surface area (Å²) in [5, 5.41) is 3.67. The number of hydrogen-bond donors (Lipinski definition) is 1. The lowest BCUT2D eigenvalue weighted by molar-refractivity contribution is 0.136. The molecule has 1 saturated carbocycles. The van der Waals surface area contributed by atoms with Gasteiger partial charge < -0.3 is 10.2 Å². The summed E-state index contributed by atoms with van der Waals surface area (Å²) in [6.45, 7) is 7.23. The van der Waals surface area contributed by atoms with Gasteiger partial charge in [0, 0.05) is 18.1 Å². The molecule has 2 aliphatic rings. The number of rotatable bonds is 3. The first-order valence-electron chi connectivity index (χ1n) is 7.04. The number of nitrogens with zero attached hydrogens (tertiary/aromatic N) is 1. The fourth-order valence-electron chi connectivity index (χ4n) is 3.45. The van der Waals surface area contributed by atoms with Crippen LogP contribution in [0, 0.1) is 5.92 Å². The standard InChI is InChI=1S/C14H28N2/c1-12-5-7-13(8-6-12)16(3)11-14(2)9-4-10-15-14/h12-13,15H,4-11H2,1-3H3. The Labute approximate surface area is 101 Å². The summed E-state index contributed by atoms with van der Waals surface area (Å²) in [4.78, 5) is 2.62. The molecule has 1 N–H and O–H groups in total. The summed E-state index contributed by atoms with van der Waals surface area (Å²) < 4.78 is 0. The van der Waals surface area contributed by atoms with E-state index in [0.29, 0.717) is 5.54 Å². The van der Waals surface area contributed by atoms with Gasteiger partial charge in [-0.1, -0.05) is 6.92 Å². The van der Waals surface area contributed by atoms with Crippen LogP contribution in [0.25, 0.3) is 0 Å². The second-order valence-corrected chi connectivity index (χ2v) is 6.42. The fraction of sp³-hybridized carbons (Fsp3) is 1.00. The topological polar surface area (TPSA) is 15.3 Å². The monoisotopic (exact) mass is 224 g/mol. The average Bonchev–Trinajstić information content (AvgIpc) is 2.65. The van der Waals surface area contributed by atoms with E-state index >= 15 is 0 Å². The lowest BCUT2D eigenvalue weighted by atomic mass is 9.86. The van der Waals surface area contributed by atoms with Crippen LogP contribution in [0.4, 0.5) is 0 Å². The van der Waals surface area contributed by atoms with Crippen molar-refractivity contribution in [3.63, 3.8) is 0 Å². The van der Waals surface area contributed by atoms with E-state index in [4.69, 9.17) is 0 Å². The van der Waals surface area contributed by atoms with Gasteiger partial charge in [0.1, 0.15) is 0 Å². The van der Waals surface area contributed by atoms with Gasteiger partial charge in [-0.25, -0.2) is 0 Å². The third kappa shape index (κ3) is 2.98. The molecule has 94 valence electrons. The van der Waals surface area contributed by atoms with E-state index in [0.717, 1.165) is 12.0 Å². The predicted molar refractivity (Wildman–Crippen MR) is 69.7 cm³/mol. The van der Waals surface area contributed by atoms with Crippen LogP contribution in [0.5, 0.6) is 0 Å². The molecule has 0 spiro atoms. The van der Waals surface area contributed by atoms with Crippen LogP contribution in [0.3, 0.4) is 0 Å². The molecule has 0 aromatic rings. The molecular formula is C14H28N2. The first kappa shape index (κ1) is 12.4. The molecule has 0 radical (unpaired) electrons. The molecular weight excluding hydrogens is 196 g/mol. The molecule has 0 bridgehead atoms. The lowest BCUT2D eigenvalue weighted by Crippen LogP contribution is -2.49. The predicted octanol–water partition coefficient (Wildman–Crippen LogP) is 2.64. The van der Waals surface area contributed by atoms with Crippen molar-refractivity contribution >= 4 is 0 Å². The molecule has 1 heterocycles. The van der Waals surface area contributed by atoms with Gasteiger partial charge in [0.05, 0.1) is 0 Å². The van der Waals surface area contributed by atoms with Gasteiger partial charge in [0.2, 0.25) is 0 Å². The average molecular weight is 224 g/mol. The first-order valence-corrected chi connectivity index (χ1v) is 7.04. The van der Waals surface area contributed by atoms with Gasteiger partial charge >= 0.3 is 0 Å². The molecule has 0 aromatic carbocycles. The molecule has 2 heteroatoms. The van der Waals surface area contributed by atoms with Crippen molar-refractivity contribution in [1.29, 1.82) is 0 Å². The highest BCUT2D eigenvalue weighted by atomic mass is 15.2. The molecule has 1 atom stereocenters. The van der Waals surface area contributed by atoms with Gasteiger partial charge in [-0.2, -0.15) is 0 Å². The summed E-state index contributed by atoms with van der Waals surface area (Å²) in [7, 11) is 2.33. The van der Waals surface area contributed by atoms with Gasteiger partial charge in [-0.05, 0) is 65.0 Å². The van der Waals surface area contributed by atoms with Crippen molar-refractivity contribution in [2.45, 2.75) is 64.0 Å². The highest BCUT2D eigenvalue weighted by molar-refractivity contribution is 4.92. The minimum Gasteiger partial charge on any atom is -0.310 e. The van der Waals surface area contributed by atoms with Gasteiger partial charge in [-0.3, -0.25) is 0 Å². The quantitative estimate of drug-likeness (QED) is 0.793. The van der Waals surface area contributed by atoms with Gasteiger partial charge in [-0.15, -0.1) is 0 Å². The smallest absolute Gasteiger partial charge is 0.0280 e. The van der Waals surface area contributed by atoms with E-state index in [1.807, 2.05) is 0 Å². The number of likely N-dealkylation sites (N-methyl/N-ethyl adjacent to an activating group) is 1. The van der Waals surface area contributed by atoms with E-state index in [9.17, 15) is 0 Å². The molecule has 2 rings (SSSR count). The molecule has 1 saturated heterocycles. The second-order valence-electron chi connectivity index (χ2n) is 6.42. The molecule has 0 aromatic heterocycles. The van der Waals surface area contributed by atoms with E-state index in [1.54, 1.807) is 0 Å². The largest absolute Gasteiger partial charge is 0.310 e. The summed E-state index contributed by atoms with van der Waals surface area (Å²) >= 11 is 0. The Morgan fingerprint density at radius 1 is 1.25 bits per heavy atom. The van der Waals surface area contributed by atoms with Crippen molar-refractivity contribution in [3.8, 4) is 0 Å². The highest BCUT2D eigenvalue weighted by Crippen LogP contribution is 2.28. The second kappa shape index (κ2) is 5.05. The molecule has 1 aliphatic carbocycles. The van der Waals surface area contributed by atoms with Crippen LogP contribution in [0.15, 0.2) is 0 Å². The molecule has 0 amide bonds. The van der Waals surface area contributed by atoms with Crippen molar-refractivity contribution in [2.75, 3.05) is 20.1 Å². The third-order valence-electron chi connectivity index (χ3n) is 4.66. The Bertz CT molecular complexity index is 213. The maximum atomic E-state index is 3.67. The SMILES string of the molecule is CC1CCC(N(C)CC2(C)CCCN2)CC1. The van der Waals surface area contributed by atoms with Crippen LogP contribution in [-0.4, -0.2) is 36.6 Å². The number of hydrogen-bond acceptors (Lipinski definition) is 2. The van der Waals surface area contributed by atoms with Crippen LogP contribution in [-0.2, 0) is 0 Å². The normalized spacial score (nSPS) is 40.5. The Morgan fingerprint density at radius 2 is 1.94 bits per heavy atom. The van der Waals surface area contributed by atoms with E-state index in [1.165, 1.54) is 51.6 Å². The Morgan fingerprint density at radius 3 is 2.50 bits per heavy atom.